The fourth-order valence-corrected chi connectivity index (χ4v) is 3.37. The maximum atomic E-state index is 12.6. The van der Waals surface area contributed by atoms with Crippen LogP contribution in [0.3, 0.4) is 0 Å². The van der Waals surface area contributed by atoms with Crippen molar-refractivity contribution < 1.29 is 19.0 Å². The molecule has 0 spiro atoms. The lowest BCUT2D eigenvalue weighted by Gasteiger charge is -2.18. The summed E-state index contributed by atoms with van der Waals surface area (Å²) in [5.74, 6) is -0.258. The van der Waals surface area contributed by atoms with E-state index in [0.717, 1.165) is 0 Å². The van der Waals surface area contributed by atoms with Gasteiger partial charge in [0, 0.05) is 10.0 Å². The SMILES string of the molecule is COC(=O)[C@H](C)Oc1c(OC)cc(C=Nn2c(=O)[nH]c3ccccc3c2=O)c(Br)c1Cl. The normalized spacial score (nSPS) is 12.2. The van der Waals surface area contributed by atoms with Crippen molar-refractivity contribution in [3.63, 3.8) is 0 Å². The van der Waals surface area contributed by atoms with Crippen LogP contribution in [0.25, 0.3) is 10.9 Å². The van der Waals surface area contributed by atoms with E-state index in [1.165, 1.54) is 33.4 Å². The molecule has 0 aliphatic carbocycles. The number of H-pyrrole nitrogens is 1. The second-order valence-electron chi connectivity index (χ2n) is 6.25. The zero-order valence-corrected chi connectivity index (χ0v) is 19.0. The van der Waals surface area contributed by atoms with Crippen molar-refractivity contribution >= 4 is 50.6 Å². The second kappa shape index (κ2) is 9.36. The molecule has 0 amide bonds. The van der Waals surface area contributed by atoms with Gasteiger partial charge in [-0.15, -0.1) is 4.68 Å². The van der Waals surface area contributed by atoms with E-state index >= 15 is 0 Å². The van der Waals surface area contributed by atoms with Crippen LogP contribution in [-0.4, -0.2) is 42.2 Å². The van der Waals surface area contributed by atoms with Crippen LogP contribution in [0, 0.1) is 0 Å². The Morgan fingerprint density at radius 1 is 1.29 bits per heavy atom. The molecule has 0 aliphatic heterocycles. The van der Waals surface area contributed by atoms with Crippen molar-refractivity contribution in [3.05, 3.63) is 66.2 Å². The van der Waals surface area contributed by atoms with Crippen LogP contribution < -0.4 is 20.7 Å². The fourth-order valence-electron chi connectivity index (χ4n) is 2.73. The Morgan fingerprint density at radius 3 is 2.68 bits per heavy atom. The summed E-state index contributed by atoms with van der Waals surface area (Å²) in [6.45, 7) is 1.50. The number of aromatic amines is 1. The van der Waals surface area contributed by atoms with Crippen LogP contribution in [0.5, 0.6) is 11.5 Å². The van der Waals surface area contributed by atoms with Crippen LogP contribution in [0.1, 0.15) is 12.5 Å². The van der Waals surface area contributed by atoms with Gasteiger partial charge in [0.05, 0.1) is 31.3 Å². The first kappa shape index (κ1) is 22.6. The van der Waals surface area contributed by atoms with Gasteiger partial charge < -0.3 is 19.2 Å². The van der Waals surface area contributed by atoms with Crippen LogP contribution in [-0.2, 0) is 9.53 Å². The molecule has 2 aromatic carbocycles. The number of ether oxygens (including phenoxy) is 3. The third-order valence-corrected chi connectivity index (χ3v) is 5.74. The molecule has 162 valence electrons. The van der Waals surface area contributed by atoms with Gasteiger partial charge in [-0.2, -0.15) is 5.10 Å². The molecule has 1 N–H and O–H groups in total. The quantitative estimate of drug-likeness (QED) is 0.403. The topological polar surface area (TPSA) is 112 Å². The van der Waals surface area contributed by atoms with Crippen molar-refractivity contribution in [2.24, 2.45) is 5.10 Å². The molecule has 0 fully saturated rings. The first-order valence-corrected chi connectivity index (χ1v) is 10.0. The Bertz CT molecular complexity index is 1300. The summed E-state index contributed by atoms with van der Waals surface area (Å²) in [4.78, 5) is 39.2. The molecule has 1 heterocycles. The molecular formula is C20H17BrClN3O6. The third-order valence-electron chi connectivity index (χ3n) is 4.30. The van der Waals surface area contributed by atoms with Gasteiger partial charge in [0.1, 0.15) is 5.02 Å². The van der Waals surface area contributed by atoms with E-state index in [2.05, 4.69) is 30.8 Å². The molecule has 0 aliphatic rings. The lowest BCUT2D eigenvalue weighted by atomic mass is 10.2. The van der Waals surface area contributed by atoms with Crippen molar-refractivity contribution in [2.45, 2.75) is 13.0 Å². The second-order valence-corrected chi connectivity index (χ2v) is 7.42. The fraction of sp³-hybridized carbons (Fsp3) is 0.200. The molecule has 3 rings (SSSR count). The van der Waals surface area contributed by atoms with Crippen LogP contribution in [0.2, 0.25) is 5.02 Å². The van der Waals surface area contributed by atoms with Crippen LogP contribution >= 0.6 is 27.5 Å². The molecule has 0 saturated carbocycles. The first-order valence-electron chi connectivity index (χ1n) is 8.87. The van der Waals surface area contributed by atoms with Crippen molar-refractivity contribution in [3.8, 4) is 11.5 Å². The summed E-state index contributed by atoms with van der Waals surface area (Å²) < 4.78 is 16.6. The monoisotopic (exact) mass is 509 g/mol. The maximum absolute atomic E-state index is 12.6. The highest BCUT2D eigenvalue weighted by Crippen LogP contribution is 2.42. The van der Waals surface area contributed by atoms with Gasteiger partial charge in [0.25, 0.3) is 5.56 Å². The molecule has 11 heteroatoms. The number of methoxy groups -OCH3 is 2. The Morgan fingerprint density at radius 2 is 2.00 bits per heavy atom. The number of hydrogen-bond acceptors (Lipinski definition) is 7. The Hall–Kier alpha value is -3.11. The zero-order valence-electron chi connectivity index (χ0n) is 16.6. The number of carbonyl (C=O) groups excluding carboxylic acids is 1. The number of fused-ring (bicyclic) bond motifs is 1. The van der Waals surface area contributed by atoms with E-state index in [1.807, 2.05) is 0 Å². The van der Waals surface area contributed by atoms with E-state index in [9.17, 15) is 14.4 Å². The van der Waals surface area contributed by atoms with Crippen molar-refractivity contribution in [2.75, 3.05) is 14.2 Å². The van der Waals surface area contributed by atoms with Crippen LogP contribution in [0.4, 0.5) is 0 Å². The molecule has 0 saturated heterocycles. The van der Waals surface area contributed by atoms with Gasteiger partial charge in [-0.25, -0.2) is 9.59 Å². The minimum Gasteiger partial charge on any atom is -0.493 e. The number of hydrogen-bond donors (Lipinski definition) is 1. The van der Waals surface area contributed by atoms with E-state index in [-0.39, 0.29) is 16.5 Å². The molecular weight excluding hydrogens is 494 g/mol. The molecule has 0 unspecified atom stereocenters. The molecule has 3 aromatic rings. The maximum Gasteiger partial charge on any atom is 0.349 e. The number of carbonyl (C=O) groups is 1. The van der Waals surface area contributed by atoms with Gasteiger partial charge in [0.2, 0.25) is 0 Å². The standard InChI is InChI=1S/C20H17BrClN3O6/c1-10(19(27)30-3)31-17-14(29-2)8-11(15(21)16(17)22)9-23-25-18(26)12-6-4-5-7-13(12)24-20(25)28/h4-10H,1-3H3,(H,24,28)/t10-/m0/s1. The Labute approximate surface area is 189 Å². The smallest absolute Gasteiger partial charge is 0.349 e. The van der Waals surface area contributed by atoms with Crippen LogP contribution in [0.15, 0.2) is 49.5 Å². The molecule has 1 aromatic heterocycles. The number of esters is 1. The average molecular weight is 511 g/mol. The molecule has 9 nitrogen and oxygen atoms in total. The molecule has 1 atom stereocenters. The summed E-state index contributed by atoms with van der Waals surface area (Å²) in [6.07, 6.45) is 0.342. The minimum absolute atomic E-state index is 0.108. The Kier molecular flexibility index (Phi) is 6.81. The first-order chi connectivity index (χ1) is 14.8. The van der Waals surface area contributed by atoms with Gasteiger partial charge in [-0.1, -0.05) is 23.7 Å². The summed E-state index contributed by atoms with van der Waals surface area (Å²) in [6, 6.07) is 8.14. The highest BCUT2D eigenvalue weighted by atomic mass is 79.9. The number of halogens is 2. The van der Waals surface area contributed by atoms with E-state index in [1.54, 1.807) is 24.3 Å². The number of nitrogens with zero attached hydrogens (tertiary/aromatic N) is 2. The summed E-state index contributed by atoms with van der Waals surface area (Å²) >= 11 is 9.74. The van der Waals surface area contributed by atoms with E-state index in [0.29, 0.717) is 25.6 Å². The zero-order chi connectivity index (χ0) is 22.7. The van der Waals surface area contributed by atoms with E-state index in [4.69, 9.17) is 21.1 Å². The van der Waals surface area contributed by atoms with Gasteiger partial charge in [0.15, 0.2) is 17.6 Å². The number of nitrogens with one attached hydrogen (secondary N) is 1. The highest BCUT2D eigenvalue weighted by Gasteiger charge is 2.22. The summed E-state index contributed by atoms with van der Waals surface area (Å²) in [5, 5.41) is 4.43. The van der Waals surface area contributed by atoms with Gasteiger partial charge in [-0.05, 0) is 41.1 Å². The Balaban J connectivity index is 2.05. The highest BCUT2D eigenvalue weighted by molar-refractivity contribution is 9.10. The molecule has 0 bridgehead atoms. The molecule has 0 radical (unpaired) electrons. The summed E-state index contributed by atoms with van der Waals surface area (Å²) in [5.41, 5.74) is -0.451. The lowest BCUT2D eigenvalue weighted by molar-refractivity contribution is -0.147. The number of para-hydroxylation sites is 1. The number of rotatable bonds is 6. The van der Waals surface area contributed by atoms with Crippen molar-refractivity contribution in [1.29, 1.82) is 0 Å². The third kappa shape index (κ3) is 4.49. The average Bonchev–Trinajstić information content (AvgIpc) is 2.77. The van der Waals surface area contributed by atoms with E-state index < -0.39 is 23.3 Å². The predicted octanol–water partition coefficient (Wildman–Crippen LogP) is 2.94. The minimum atomic E-state index is -0.933. The van der Waals surface area contributed by atoms with Gasteiger partial charge >= 0.3 is 11.7 Å². The predicted molar refractivity (Wildman–Crippen MR) is 120 cm³/mol. The largest absolute Gasteiger partial charge is 0.493 e. The number of benzene rings is 2. The van der Waals surface area contributed by atoms with Crippen molar-refractivity contribution in [1.82, 2.24) is 9.66 Å². The summed E-state index contributed by atoms with van der Waals surface area (Å²) in [7, 11) is 2.64. The number of aromatic nitrogens is 2. The van der Waals surface area contributed by atoms with Gasteiger partial charge in [-0.3, -0.25) is 4.79 Å². The lowest BCUT2D eigenvalue weighted by Crippen LogP contribution is -2.32. The molecule has 31 heavy (non-hydrogen) atoms.